The minimum Gasteiger partial charge on any atom is -0.354 e. The maximum absolute atomic E-state index is 4.87. The number of benzene rings is 2. The molecule has 144 valence electrons. The number of halogens is 1. The zero-order valence-electron chi connectivity index (χ0n) is 16.3. The molecule has 1 unspecified atom stereocenters. The molecule has 1 heterocycles. The molecule has 1 aromatic heterocycles. The van der Waals surface area contributed by atoms with Crippen molar-refractivity contribution < 1.29 is 0 Å². The maximum atomic E-state index is 4.87. The highest BCUT2D eigenvalue weighted by atomic mass is 79.9. The molecule has 5 heteroatoms. The topological polar surface area (TPSA) is 41.0 Å². The molecule has 2 aromatic carbocycles. The van der Waals surface area contributed by atoms with E-state index in [1.54, 1.807) is 0 Å². The summed E-state index contributed by atoms with van der Waals surface area (Å²) in [5.41, 5.74) is 6.14. The van der Waals surface area contributed by atoms with E-state index in [4.69, 9.17) is 4.98 Å². The van der Waals surface area contributed by atoms with Gasteiger partial charge >= 0.3 is 0 Å². The van der Waals surface area contributed by atoms with Gasteiger partial charge in [-0.1, -0.05) is 52.3 Å². The Bertz CT molecular complexity index is 970. The van der Waals surface area contributed by atoms with Gasteiger partial charge in [-0.05, 0) is 62.3 Å². The van der Waals surface area contributed by atoms with Crippen LogP contribution in [-0.4, -0.2) is 42.1 Å². The lowest BCUT2D eigenvalue weighted by Crippen LogP contribution is -2.18. The smallest absolute Gasteiger partial charge is 0.223 e. The number of anilines is 1. The normalized spacial score (nSPS) is 15.2. The fourth-order valence-electron chi connectivity index (χ4n) is 3.84. The van der Waals surface area contributed by atoms with Crippen LogP contribution in [0.1, 0.15) is 29.0 Å². The minimum atomic E-state index is 0.323. The Labute approximate surface area is 175 Å². The van der Waals surface area contributed by atoms with E-state index in [0.717, 1.165) is 36.1 Å². The van der Waals surface area contributed by atoms with Gasteiger partial charge in [-0.2, -0.15) is 0 Å². The third kappa shape index (κ3) is 4.10. The molecule has 0 aliphatic heterocycles. The van der Waals surface area contributed by atoms with Gasteiger partial charge in [0.2, 0.25) is 5.95 Å². The third-order valence-corrected chi connectivity index (χ3v) is 5.69. The second kappa shape index (κ2) is 8.41. The highest BCUT2D eigenvalue weighted by molar-refractivity contribution is 9.10. The van der Waals surface area contributed by atoms with E-state index in [0.29, 0.717) is 11.9 Å². The van der Waals surface area contributed by atoms with Crippen molar-refractivity contribution in [2.24, 2.45) is 0 Å². The van der Waals surface area contributed by atoms with Crippen LogP contribution in [0.25, 0.3) is 11.3 Å². The van der Waals surface area contributed by atoms with Gasteiger partial charge in [0.25, 0.3) is 0 Å². The first-order valence-corrected chi connectivity index (χ1v) is 10.5. The van der Waals surface area contributed by atoms with Crippen LogP contribution in [0.4, 0.5) is 5.95 Å². The molecule has 0 spiro atoms. The second-order valence-electron chi connectivity index (χ2n) is 7.55. The van der Waals surface area contributed by atoms with Crippen molar-refractivity contribution in [3.8, 4) is 11.3 Å². The molecule has 1 aliphatic carbocycles. The van der Waals surface area contributed by atoms with Crippen molar-refractivity contribution in [3.05, 3.63) is 75.9 Å². The van der Waals surface area contributed by atoms with Crippen molar-refractivity contribution in [1.29, 1.82) is 0 Å². The fraction of sp³-hybridized carbons (Fsp3) is 0.304. The summed E-state index contributed by atoms with van der Waals surface area (Å²) in [6.07, 6.45) is 3.98. The standard InChI is InChI=1S/C23H25BrN4/c1-28(2)12-6-11-25-23-26-15-17-14-21(16-7-5-8-18(24)13-16)19-9-3-4-10-20(19)22(17)27-23/h3-5,7-10,13,15,21H,6,11-12,14H2,1-2H3,(H,25,26,27). The highest BCUT2D eigenvalue weighted by Crippen LogP contribution is 2.42. The van der Waals surface area contributed by atoms with Gasteiger partial charge in [-0.15, -0.1) is 0 Å². The van der Waals surface area contributed by atoms with E-state index in [1.807, 2.05) is 6.20 Å². The summed E-state index contributed by atoms with van der Waals surface area (Å²) in [4.78, 5) is 11.6. The van der Waals surface area contributed by atoms with Gasteiger partial charge in [-0.25, -0.2) is 9.97 Å². The number of nitrogens with zero attached hydrogens (tertiary/aromatic N) is 3. The van der Waals surface area contributed by atoms with Crippen LogP contribution in [0.15, 0.2) is 59.2 Å². The van der Waals surface area contributed by atoms with E-state index < -0.39 is 0 Å². The fourth-order valence-corrected chi connectivity index (χ4v) is 4.25. The highest BCUT2D eigenvalue weighted by Gasteiger charge is 2.27. The molecule has 3 aromatic rings. The quantitative estimate of drug-likeness (QED) is 0.554. The number of fused-ring (bicyclic) bond motifs is 3. The van der Waals surface area contributed by atoms with Crippen molar-refractivity contribution >= 4 is 21.9 Å². The van der Waals surface area contributed by atoms with Crippen LogP contribution in [0.5, 0.6) is 0 Å². The summed E-state index contributed by atoms with van der Waals surface area (Å²) in [6, 6.07) is 17.2. The lowest BCUT2D eigenvalue weighted by atomic mass is 9.78. The maximum Gasteiger partial charge on any atom is 0.223 e. The number of nitrogens with one attached hydrogen (secondary N) is 1. The van der Waals surface area contributed by atoms with E-state index in [1.165, 1.54) is 22.3 Å². The Morgan fingerprint density at radius 1 is 1.14 bits per heavy atom. The molecule has 4 nitrogen and oxygen atoms in total. The molecule has 1 aliphatic rings. The molecule has 1 N–H and O–H groups in total. The molecule has 0 radical (unpaired) electrons. The van der Waals surface area contributed by atoms with Gasteiger partial charge in [0.1, 0.15) is 0 Å². The average molecular weight is 437 g/mol. The van der Waals surface area contributed by atoms with Gasteiger partial charge in [0.15, 0.2) is 0 Å². The Morgan fingerprint density at radius 2 is 2.00 bits per heavy atom. The molecule has 0 fully saturated rings. The molecular weight excluding hydrogens is 412 g/mol. The van der Waals surface area contributed by atoms with Gasteiger partial charge < -0.3 is 10.2 Å². The molecule has 1 atom stereocenters. The summed E-state index contributed by atoms with van der Waals surface area (Å²) >= 11 is 3.61. The third-order valence-electron chi connectivity index (χ3n) is 5.20. The van der Waals surface area contributed by atoms with Crippen LogP contribution in [0, 0.1) is 0 Å². The second-order valence-corrected chi connectivity index (χ2v) is 8.47. The minimum absolute atomic E-state index is 0.323. The first-order valence-electron chi connectivity index (χ1n) is 9.71. The Hall–Kier alpha value is -2.24. The number of hydrogen-bond donors (Lipinski definition) is 1. The Morgan fingerprint density at radius 3 is 2.82 bits per heavy atom. The van der Waals surface area contributed by atoms with Crippen molar-refractivity contribution in [1.82, 2.24) is 14.9 Å². The Kier molecular flexibility index (Phi) is 5.74. The zero-order chi connectivity index (χ0) is 19.5. The summed E-state index contributed by atoms with van der Waals surface area (Å²) in [5, 5.41) is 3.38. The largest absolute Gasteiger partial charge is 0.354 e. The van der Waals surface area contributed by atoms with Crippen molar-refractivity contribution in [2.75, 3.05) is 32.5 Å². The molecule has 4 rings (SSSR count). The van der Waals surface area contributed by atoms with Crippen molar-refractivity contribution in [3.63, 3.8) is 0 Å². The van der Waals surface area contributed by atoms with Crippen LogP contribution < -0.4 is 5.32 Å². The SMILES string of the molecule is CN(C)CCCNc1ncc2c(n1)-c1ccccc1C(c1cccc(Br)c1)C2. The van der Waals surface area contributed by atoms with E-state index in [2.05, 4.69) is 93.8 Å². The van der Waals surface area contributed by atoms with Crippen LogP contribution in [0.2, 0.25) is 0 Å². The average Bonchev–Trinajstić information content (AvgIpc) is 2.70. The monoisotopic (exact) mass is 436 g/mol. The van der Waals surface area contributed by atoms with Crippen LogP contribution in [-0.2, 0) is 6.42 Å². The van der Waals surface area contributed by atoms with Crippen LogP contribution >= 0.6 is 15.9 Å². The summed E-state index contributed by atoms with van der Waals surface area (Å²) in [7, 11) is 4.18. The van der Waals surface area contributed by atoms with E-state index in [9.17, 15) is 0 Å². The Balaban J connectivity index is 1.63. The van der Waals surface area contributed by atoms with Gasteiger partial charge in [-0.3, -0.25) is 0 Å². The summed E-state index contributed by atoms with van der Waals surface area (Å²) < 4.78 is 1.11. The zero-order valence-corrected chi connectivity index (χ0v) is 17.9. The first-order chi connectivity index (χ1) is 13.6. The van der Waals surface area contributed by atoms with Gasteiger partial charge in [0, 0.05) is 28.7 Å². The first kappa shape index (κ1) is 19.1. The summed E-state index contributed by atoms with van der Waals surface area (Å²) in [5.74, 6) is 1.04. The van der Waals surface area contributed by atoms with Gasteiger partial charge in [0.05, 0.1) is 5.69 Å². The number of rotatable bonds is 6. The lowest BCUT2D eigenvalue weighted by Gasteiger charge is -2.27. The lowest BCUT2D eigenvalue weighted by molar-refractivity contribution is 0.405. The predicted octanol–water partition coefficient (Wildman–Crippen LogP) is 4.96. The number of hydrogen-bond acceptors (Lipinski definition) is 4. The molecule has 0 saturated carbocycles. The molecule has 0 bridgehead atoms. The molecule has 28 heavy (non-hydrogen) atoms. The predicted molar refractivity (Wildman–Crippen MR) is 119 cm³/mol. The molecule has 0 amide bonds. The molecule has 0 saturated heterocycles. The van der Waals surface area contributed by atoms with Crippen LogP contribution in [0.3, 0.4) is 0 Å². The van der Waals surface area contributed by atoms with E-state index in [-0.39, 0.29) is 0 Å². The summed E-state index contributed by atoms with van der Waals surface area (Å²) in [6.45, 7) is 1.92. The molecular formula is C23H25BrN4. The van der Waals surface area contributed by atoms with E-state index >= 15 is 0 Å². The van der Waals surface area contributed by atoms with Crippen molar-refractivity contribution in [2.45, 2.75) is 18.8 Å². The number of aromatic nitrogens is 2.